The zero-order chi connectivity index (χ0) is 18.7. The number of benzene rings is 1. The van der Waals surface area contributed by atoms with Crippen LogP contribution in [0, 0.1) is 13.8 Å². The van der Waals surface area contributed by atoms with Crippen molar-refractivity contribution in [2.24, 2.45) is 0 Å². The lowest BCUT2D eigenvalue weighted by Gasteiger charge is -2.11. The quantitative estimate of drug-likeness (QED) is 0.758. The summed E-state index contributed by atoms with van der Waals surface area (Å²) in [4.78, 5) is 20.9. The van der Waals surface area contributed by atoms with Crippen molar-refractivity contribution in [1.29, 1.82) is 0 Å². The van der Waals surface area contributed by atoms with E-state index in [2.05, 4.69) is 20.4 Å². The van der Waals surface area contributed by atoms with Crippen LogP contribution in [0.25, 0.3) is 5.82 Å². The molecule has 0 aliphatic carbocycles. The molecule has 0 aliphatic rings. The average Bonchev–Trinajstić information content (AvgIpc) is 2.99. The van der Waals surface area contributed by atoms with Gasteiger partial charge in [-0.15, -0.1) is 0 Å². The van der Waals surface area contributed by atoms with Crippen LogP contribution in [0.15, 0.2) is 36.7 Å². The van der Waals surface area contributed by atoms with Crippen LogP contribution in [0.5, 0.6) is 11.5 Å². The van der Waals surface area contributed by atoms with Crippen molar-refractivity contribution in [2.75, 3.05) is 19.5 Å². The maximum absolute atomic E-state index is 12.6. The highest BCUT2D eigenvalue weighted by atomic mass is 16.5. The highest BCUT2D eigenvalue weighted by Gasteiger charge is 2.15. The largest absolute Gasteiger partial charge is 0.497 e. The van der Waals surface area contributed by atoms with Crippen molar-refractivity contribution in [3.63, 3.8) is 0 Å². The van der Waals surface area contributed by atoms with Crippen molar-refractivity contribution in [2.45, 2.75) is 13.8 Å². The summed E-state index contributed by atoms with van der Waals surface area (Å²) in [5.41, 5.74) is 2.20. The second kappa shape index (κ2) is 7.22. The maximum Gasteiger partial charge on any atom is 0.260 e. The summed E-state index contributed by atoms with van der Waals surface area (Å²) in [6.45, 7) is 3.84. The van der Waals surface area contributed by atoms with Gasteiger partial charge in [0.05, 0.1) is 25.5 Å². The lowest BCUT2D eigenvalue weighted by atomic mass is 10.1. The third-order valence-electron chi connectivity index (χ3n) is 3.77. The summed E-state index contributed by atoms with van der Waals surface area (Å²) in [7, 11) is 3.05. The highest BCUT2D eigenvalue weighted by molar-refractivity contribution is 6.05. The third kappa shape index (κ3) is 3.49. The molecule has 2 aromatic heterocycles. The van der Waals surface area contributed by atoms with Gasteiger partial charge in [-0.25, -0.2) is 14.6 Å². The Kier molecular flexibility index (Phi) is 4.83. The lowest BCUT2D eigenvalue weighted by Crippen LogP contribution is -2.15. The van der Waals surface area contributed by atoms with Gasteiger partial charge >= 0.3 is 0 Å². The number of aromatic nitrogens is 4. The van der Waals surface area contributed by atoms with Gasteiger partial charge < -0.3 is 14.8 Å². The van der Waals surface area contributed by atoms with Gasteiger partial charge in [-0.2, -0.15) is 5.10 Å². The highest BCUT2D eigenvalue weighted by Crippen LogP contribution is 2.25. The lowest BCUT2D eigenvalue weighted by molar-refractivity contribution is 0.102. The van der Waals surface area contributed by atoms with Crippen LogP contribution < -0.4 is 14.8 Å². The van der Waals surface area contributed by atoms with E-state index >= 15 is 0 Å². The van der Waals surface area contributed by atoms with Gasteiger partial charge in [0.25, 0.3) is 5.91 Å². The van der Waals surface area contributed by atoms with Crippen LogP contribution in [-0.2, 0) is 0 Å². The Morgan fingerprint density at radius 1 is 1.08 bits per heavy atom. The van der Waals surface area contributed by atoms with Gasteiger partial charge in [-0.3, -0.25) is 4.79 Å². The maximum atomic E-state index is 12.6. The molecule has 0 radical (unpaired) electrons. The van der Waals surface area contributed by atoms with Gasteiger partial charge in [-0.1, -0.05) is 0 Å². The van der Waals surface area contributed by atoms with Crippen LogP contribution in [0.3, 0.4) is 0 Å². The Bertz CT molecular complexity index is 952. The summed E-state index contributed by atoms with van der Waals surface area (Å²) in [6, 6.07) is 8.58. The molecule has 0 fully saturated rings. The molecule has 0 saturated carbocycles. The minimum Gasteiger partial charge on any atom is -0.497 e. The van der Waals surface area contributed by atoms with Crippen LogP contribution in [0.1, 0.15) is 21.7 Å². The fraction of sp³-hybridized carbons (Fsp3) is 0.222. The molecule has 134 valence electrons. The smallest absolute Gasteiger partial charge is 0.260 e. The monoisotopic (exact) mass is 353 g/mol. The first-order chi connectivity index (χ1) is 12.5. The van der Waals surface area contributed by atoms with E-state index < -0.39 is 0 Å². The zero-order valence-electron chi connectivity index (χ0n) is 15.0. The molecule has 1 amide bonds. The first kappa shape index (κ1) is 17.4. The predicted molar refractivity (Wildman–Crippen MR) is 96.1 cm³/mol. The summed E-state index contributed by atoms with van der Waals surface area (Å²) < 4.78 is 12.1. The molecule has 0 aliphatic heterocycles. The summed E-state index contributed by atoms with van der Waals surface area (Å²) in [5.74, 6) is 1.61. The first-order valence-corrected chi connectivity index (χ1v) is 7.91. The minimum atomic E-state index is -0.345. The fourth-order valence-electron chi connectivity index (χ4n) is 2.56. The third-order valence-corrected chi connectivity index (χ3v) is 3.77. The molecule has 1 aromatic carbocycles. The topological polar surface area (TPSA) is 91.2 Å². The molecule has 2 heterocycles. The summed E-state index contributed by atoms with van der Waals surface area (Å²) in [6.07, 6.45) is 1.38. The van der Waals surface area contributed by atoms with E-state index in [-0.39, 0.29) is 5.91 Å². The Morgan fingerprint density at radius 2 is 1.88 bits per heavy atom. The van der Waals surface area contributed by atoms with Crippen LogP contribution in [-0.4, -0.2) is 39.9 Å². The van der Waals surface area contributed by atoms with Gasteiger partial charge in [-0.05, 0) is 32.0 Å². The number of carbonyl (C=O) groups is 1. The molecule has 1 N–H and O–H groups in total. The molecule has 0 saturated heterocycles. The number of nitrogens with zero attached hydrogens (tertiary/aromatic N) is 4. The number of amides is 1. The molecule has 0 spiro atoms. The number of ether oxygens (including phenoxy) is 2. The van der Waals surface area contributed by atoms with Gasteiger partial charge in [0.2, 0.25) is 0 Å². The van der Waals surface area contributed by atoms with E-state index in [0.29, 0.717) is 28.7 Å². The minimum absolute atomic E-state index is 0.345. The zero-order valence-corrected chi connectivity index (χ0v) is 15.0. The number of hydrogen-bond donors (Lipinski definition) is 1. The number of carbonyl (C=O) groups excluding carboxylic acids is 1. The second-order valence-electron chi connectivity index (χ2n) is 5.62. The van der Waals surface area contributed by atoms with Crippen LogP contribution in [0.2, 0.25) is 0 Å². The molecule has 0 unspecified atom stereocenters. The summed E-state index contributed by atoms with van der Waals surface area (Å²) in [5, 5.41) is 7.14. The standard InChI is InChI=1S/C18H19N5O3/c1-11-7-12(2)23(22-11)17-9-16(19-10-20-17)21-18(24)14-6-5-13(25-3)8-15(14)26-4/h5-10H,1-4H3,(H,19,20,21,24). The molecule has 3 aromatic rings. The average molecular weight is 353 g/mol. The van der Waals surface area contributed by atoms with Crippen molar-refractivity contribution in [3.8, 4) is 17.3 Å². The van der Waals surface area contributed by atoms with E-state index in [1.165, 1.54) is 13.4 Å². The molecule has 26 heavy (non-hydrogen) atoms. The number of aryl methyl sites for hydroxylation is 2. The Balaban J connectivity index is 1.86. The van der Waals surface area contributed by atoms with Gasteiger partial charge in [0.1, 0.15) is 23.6 Å². The first-order valence-electron chi connectivity index (χ1n) is 7.91. The Morgan fingerprint density at radius 3 is 2.54 bits per heavy atom. The van der Waals surface area contributed by atoms with E-state index in [1.807, 2.05) is 19.9 Å². The van der Waals surface area contributed by atoms with Gasteiger partial charge in [0, 0.05) is 17.8 Å². The van der Waals surface area contributed by atoms with E-state index in [0.717, 1.165) is 11.4 Å². The summed E-state index contributed by atoms with van der Waals surface area (Å²) >= 11 is 0. The molecule has 0 atom stereocenters. The molecule has 8 heteroatoms. The van der Waals surface area contributed by atoms with Gasteiger partial charge in [0.15, 0.2) is 5.82 Å². The molecule has 3 rings (SSSR count). The van der Waals surface area contributed by atoms with Crippen molar-refractivity contribution < 1.29 is 14.3 Å². The Labute approximate surface area is 150 Å². The SMILES string of the molecule is COc1ccc(C(=O)Nc2cc(-n3nc(C)cc3C)ncn2)c(OC)c1. The molecular formula is C18H19N5O3. The van der Waals surface area contributed by atoms with Crippen molar-refractivity contribution in [1.82, 2.24) is 19.7 Å². The second-order valence-corrected chi connectivity index (χ2v) is 5.62. The van der Waals surface area contributed by atoms with E-state index in [4.69, 9.17) is 9.47 Å². The normalized spacial score (nSPS) is 10.5. The number of hydrogen-bond acceptors (Lipinski definition) is 6. The van der Waals surface area contributed by atoms with E-state index in [9.17, 15) is 4.79 Å². The molecule has 8 nitrogen and oxygen atoms in total. The van der Waals surface area contributed by atoms with E-state index in [1.54, 1.807) is 36.1 Å². The predicted octanol–water partition coefficient (Wildman–Crippen LogP) is 2.55. The van der Waals surface area contributed by atoms with Crippen LogP contribution >= 0.6 is 0 Å². The molecular weight excluding hydrogens is 334 g/mol. The van der Waals surface area contributed by atoms with Crippen molar-refractivity contribution >= 4 is 11.7 Å². The molecule has 0 bridgehead atoms. The number of methoxy groups -OCH3 is 2. The number of nitrogens with one attached hydrogen (secondary N) is 1. The Hall–Kier alpha value is -3.42. The van der Waals surface area contributed by atoms with Crippen molar-refractivity contribution in [3.05, 3.63) is 53.6 Å². The van der Waals surface area contributed by atoms with Crippen LogP contribution in [0.4, 0.5) is 5.82 Å². The number of rotatable bonds is 5. The number of anilines is 1. The fourth-order valence-corrected chi connectivity index (χ4v) is 2.56.